The van der Waals surface area contributed by atoms with Gasteiger partial charge >= 0.3 is 0 Å². The summed E-state index contributed by atoms with van der Waals surface area (Å²) in [7, 11) is 0. The second-order valence-corrected chi connectivity index (χ2v) is 12.2. The SMILES string of the molecule is CCN(CC)c1ccc(C2C(O)C(c3ccc(N(CC)CC)c4cc5ccccc5cc34)C2O)c2cc3ccccc3cc12. The predicted molar refractivity (Wildman–Crippen MR) is 188 cm³/mol. The molecule has 0 atom stereocenters. The zero-order valence-electron chi connectivity index (χ0n) is 26.2. The maximum atomic E-state index is 12.0. The average molecular weight is 583 g/mol. The normalized spacial score (nSPS) is 20.0. The van der Waals surface area contributed by atoms with E-state index in [2.05, 4.69) is 135 Å². The van der Waals surface area contributed by atoms with E-state index >= 15 is 0 Å². The third kappa shape index (κ3) is 4.43. The van der Waals surface area contributed by atoms with Crippen molar-refractivity contribution >= 4 is 54.5 Å². The van der Waals surface area contributed by atoms with Gasteiger partial charge in [-0.3, -0.25) is 0 Å². The smallest absolute Gasteiger partial charge is 0.0727 e. The average Bonchev–Trinajstić information content (AvgIpc) is 3.06. The first-order valence-electron chi connectivity index (χ1n) is 16.3. The maximum Gasteiger partial charge on any atom is 0.0727 e. The summed E-state index contributed by atoms with van der Waals surface area (Å²) in [5, 5.41) is 33.2. The van der Waals surface area contributed by atoms with Crippen molar-refractivity contribution < 1.29 is 10.2 Å². The van der Waals surface area contributed by atoms with Crippen molar-refractivity contribution in [3.05, 3.63) is 108 Å². The van der Waals surface area contributed by atoms with Crippen molar-refractivity contribution in [3.63, 3.8) is 0 Å². The van der Waals surface area contributed by atoms with E-state index in [4.69, 9.17) is 0 Å². The van der Waals surface area contributed by atoms with Crippen molar-refractivity contribution in [1.82, 2.24) is 0 Å². The fourth-order valence-corrected chi connectivity index (χ4v) is 7.78. The van der Waals surface area contributed by atoms with Gasteiger partial charge in [0.05, 0.1) is 12.2 Å². The fraction of sp³-hybridized carbons (Fsp3) is 0.300. The van der Waals surface area contributed by atoms with Crippen LogP contribution in [0.1, 0.15) is 50.7 Å². The third-order valence-electron chi connectivity index (χ3n) is 10.2. The van der Waals surface area contributed by atoms with Crippen molar-refractivity contribution in [1.29, 1.82) is 0 Å². The third-order valence-corrected chi connectivity index (χ3v) is 10.2. The van der Waals surface area contributed by atoms with Crippen LogP contribution in [0, 0.1) is 0 Å². The number of hydrogen-bond donors (Lipinski definition) is 2. The van der Waals surface area contributed by atoms with Gasteiger partial charge in [0.1, 0.15) is 0 Å². The Bertz CT molecular complexity index is 1840. The molecule has 4 heteroatoms. The zero-order valence-corrected chi connectivity index (χ0v) is 26.2. The largest absolute Gasteiger partial charge is 0.392 e. The molecular formula is C40H42N2O2. The molecule has 7 rings (SSSR count). The Hall–Kier alpha value is -4.12. The molecule has 1 aliphatic rings. The Kier molecular flexibility index (Phi) is 7.44. The molecule has 0 radical (unpaired) electrons. The van der Waals surface area contributed by atoms with Gasteiger partial charge in [-0.15, -0.1) is 0 Å². The molecule has 0 bridgehead atoms. The predicted octanol–water partition coefficient (Wildman–Crippen LogP) is 8.59. The van der Waals surface area contributed by atoms with E-state index in [1.165, 1.54) is 43.7 Å². The van der Waals surface area contributed by atoms with Crippen LogP contribution >= 0.6 is 0 Å². The first-order valence-corrected chi connectivity index (χ1v) is 16.3. The molecule has 1 fully saturated rings. The fourth-order valence-electron chi connectivity index (χ4n) is 7.78. The molecule has 0 aliphatic heterocycles. The van der Waals surface area contributed by atoms with Gasteiger partial charge in [0, 0.05) is 60.2 Å². The van der Waals surface area contributed by atoms with Crippen LogP contribution in [-0.4, -0.2) is 48.6 Å². The maximum absolute atomic E-state index is 12.0. The van der Waals surface area contributed by atoms with Crippen LogP contribution in [0.25, 0.3) is 43.1 Å². The second kappa shape index (κ2) is 11.4. The summed E-state index contributed by atoms with van der Waals surface area (Å²) < 4.78 is 0. The molecule has 2 N–H and O–H groups in total. The number of benzene rings is 6. The van der Waals surface area contributed by atoms with Crippen LogP contribution < -0.4 is 9.80 Å². The topological polar surface area (TPSA) is 46.9 Å². The molecule has 6 aromatic carbocycles. The molecule has 0 heterocycles. The Labute approximate surface area is 260 Å². The van der Waals surface area contributed by atoms with Gasteiger partial charge in [-0.2, -0.15) is 0 Å². The van der Waals surface area contributed by atoms with Gasteiger partial charge < -0.3 is 20.0 Å². The van der Waals surface area contributed by atoms with Crippen molar-refractivity contribution in [2.24, 2.45) is 0 Å². The molecule has 4 nitrogen and oxygen atoms in total. The Balaban J connectivity index is 1.36. The van der Waals surface area contributed by atoms with Gasteiger partial charge in [0.2, 0.25) is 0 Å². The Morgan fingerprint density at radius 3 is 1.09 bits per heavy atom. The van der Waals surface area contributed by atoms with Gasteiger partial charge in [0.15, 0.2) is 0 Å². The van der Waals surface area contributed by atoms with E-state index in [-0.39, 0.29) is 11.8 Å². The van der Waals surface area contributed by atoms with Crippen LogP contribution in [0.15, 0.2) is 97.1 Å². The van der Waals surface area contributed by atoms with E-state index in [1.54, 1.807) is 0 Å². The van der Waals surface area contributed by atoms with E-state index in [9.17, 15) is 10.2 Å². The van der Waals surface area contributed by atoms with Gasteiger partial charge in [-0.25, -0.2) is 0 Å². The quantitative estimate of drug-likeness (QED) is 0.177. The molecule has 1 saturated carbocycles. The Morgan fingerprint density at radius 1 is 0.455 bits per heavy atom. The number of anilines is 2. The summed E-state index contributed by atoms with van der Waals surface area (Å²) in [5.74, 6) is -0.736. The number of aliphatic hydroxyl groups excluding tert-OH is 2. The minimum Gasteiger partial charge on any atom is -0.392 e. The van der Waals surface area contributed by atoms with Crippen LogP contribution in [-0.2, 0) is 0 Å². The summed E-state index contributed by atoms with van der Waals surface area (Å²) in [5.41, 5.74) is 4.44. The molecule has 6 aromatic rings. The highest BCUT2D eigenvalue weighted by Gasteiger charge is 2.51. The molecule has 224 valence electrons. The number of fused-ring (bicyclic) bond motifs is 4. The van der Waals surface area contributed by atoms with Crippen LogP contribution in [0.2, 0.25) is 0 Å². The van der Waals surface area contributed by atoms with E-state index < -0.39 is 12.2 Å². The molecule has 1 aliphatic carbocycles. The molecule has 0 amide bonds. The lowest BCUT2D eigenvalue weighted by atomic mass is 9.62. The van der Waals surface area contributed by atoms with Crippen LogP contribution in [0.5, 0.6) is 0 Å². The van der Waals surface area contributed by atoms with E-state index in [0.717, 1.165) is 48.1 Å². The van der Waals surface area contributed by atoms with Crippen LogP contribution in [0.3, 0.4) is 0 Å². The highest BCUT2D eigenvalue weighted by Crippen LogP contribution is 2.52. The van der Waals surface area contributed by atoms with Crippen LogP contribution in [0.4, 0.5) is 11.4 Å². The van der Waals surface area contributed by atoms with E-state index in [0.29, 0.717) is 0 Å². The summed E-state index contributed by atoms with van der Waals surface area (Å²) in [6.45, 7) is 12.4. The Morgan fingerprint density at radius 2 is 0.773 bits per heavy atom. The lowest BCUT2D eigenvalue weighted by Crippen LogP contribution is -2.51. The summed E-state index contributed by atoms with van der Waals surface area (Å²) in [6, 6.07) is 34.6. The van der Waals surface area contributed by atoms with Crippen molar-refractivity contribution in [2.45, 2.75) is 51.7 Å². The molecule has 0 saturated heterocycles. The first kappa shape index (κ1) is 28.6. The number of nitrogens with zero attached hydrogens (tertiary/aromatic N) is 2. The van der Waals surface area contributed by atoms with Gasteiger partial charge in [-0.05, 0) is 108 Å². The molecular weight excluding hydrogens is 540 g/mol. The molecule has 44 heavy (non-hydrogen) atoms. The highest BCUT2D eigenvalue weighted by atomic mass is 16.3. The van der Waals surface area contributed by atoms with Crippen molar-refractivity contribution in [2.75, 3.05) is 36.0 Å². The van der Waals surface area contributed by atoms with Gasteiger partial charge in [-0.1, -0.05) is 60.7 Å². The first-order chi connectivity index (χ1) is 21.5. The highest BCUT2D eigenvalue weighted by molar-refractivity contribution is 6.07. The molecule has 0 aromatic heterocycles. The van der Waals surface area contributed by atoms with Crippen molar-refractivity contribution in [3.8, 4) is 0 Å². The summed E-state index contributed by atoms with van der Waals surface area (Å²) in [4.78, 5) is 4.76. The lowest BCUT2D eigenvalue weighted by Gasteiger charge is -2.48. The lowest BCUT2D eigenvalue weighted by molar-refractivity contribution is -0.0775. The number of rotatable bonds is 8. The summed E-state index contributed by atoms with van der Waals surface area (Å²) >= 11 is 0. The molecule has 0 unspecified atom stereocenters. The number of aliphatic hydroxyl groups is 2. The second-order valence-electron chi connectivity index (χ2n) is 12.2. The monoisotopic (exact) mass is 582 g/mol. The number of hydrogen-bond acceptors (Lipinski definition) is 4. The minimum atomic E-state index is -0.701. The zero-order chi connectivity index (χ0) is 30.5. The van der Waals surface area contributed by atoms with Gasteiger partial charge in [0.25, 0.3) is 0 Å². The molecule has 0 spiro atoms. The van der Waals surface area contributed by atoms with E-state index in [1.807, 2.05) is 0 Å². The summed E-state index contributed by atoms with van der Waals surface area (Å²) in [6.07, 6.45) is -1.40. The standard InChI is InChI=1S/C40H42N2O2/c1-5-41(6-2)35-19-17-29(31-21-25-13-9-11-15-27(25)23-33(31)35)37-39(43)38(40(37)44)30-18-20-36(42(7-3)8-4)34-24-28-16-12-10-14-26(28)22-32(30)34/h9-24,37-40,43-44H,5-8H2,1-4H3. The minimum absolute atomic E-state index is 0.368.